The minimum Gasteiger partial charge on any atom is -0.497 e. The second-order valence-electron chi connectivity index (χ2n) is 2.72. The summed E-state index contributed by atoms with van der Waals surface area (Å²) in [6.45, 7) is 0. The van der Waals surface area contributed by atoms with E-state index >= 15 is 0 Å². The van der Waals surface area contributed by atoms with Crippen molar-refractivity contribution in [2.24, 2.45) is 0 Å². The van der Waals surface area contributed by atoms with Gasteiger partial charge in [-0.2, -0.15) is 0 Å². The van der Waals surface area contributed by atoms with Crippen molar-refractivity contribution in [2.75, 3.05) is 7.11 Å². The maximum Gasteiger partial charge on any atom is 0.223 e. The molecule has 0 fully saturated rings. The molecule has 0 saturated carbocycles. The van der Waals surface area contributed by atoms with Gasteiger partial charge in [0.15, 0.2) is 0 Å². The molecule has 74 valence electrons. The first-order valence-corrected chi connectivity index (χ1v) is 5.00. The quantitative estimate of drug-likeness (QED) is 0.774. The van der Waals surface area contributed by atoms with Crippen LogP contribution in [0.25, 0.3) is 11.0 Å². The molecule has 5 heteroatoms. The van der Waals surface area contributed by atoms with E-state index in [4.69, 9.17) is 13.7 Å². The van der Waals surface area contributed by atoms with E-state index in [0.717, 1.165) is 5.39 Å². The Morgan fingerprint density at radius 2 is 2.21 bits per heavy atom. The van der Waals surface area contributed by atoms with Gasteiger partial charge in [-0.3, -0.25) is 4.55 Å². The number of methoxy groups -OCH3 is 1. The molecule has 1 atom stereocenters. The minimum absolute atomic E-state index is 0.0493. The van der Waals surface area contributed by atoms with Gasteiger partial charge in [-0.25, -0.2) is 4.21 Å². The molecule has 0 aliphatic carbocycles. The number of benzene rings is 1. The smallest absolute Gasteiger partial charge is 0.223 e. The summed E-state index contributed by atoms with van der Waals surface area (Å²) in [4.78, 5) is 0. The van der Waals surface area contributed by atoms with Crippen molar-refractivity contribution < 1.29 is 17.9 Å². The third kappa shape index (κ3) is 1.51. The summed E-state index contributed by atoms with van der Waals surface area (Å²) in [7, 11) is 1.55. The summed E-state index contributed by atoms with van der Waals surface area (Å²) in [6.07, 6.45) is 0. The summed E-state index contributed by atoms with van der Waals surface area (Å²) >= 11 is -2.08. The molecule has 1 aromatic heterocycles. The van der Waals surface area contributed by atoms with Crippen molar-refractivity contribution in [3.63, 3.8) is 0 Å². The Balaban J connectivity index is 2.60. The van der Waals surface area contributed by atoms with E-state index in [0.29, 0.717) is 11.3 Å². The zero-order valence-electron chi connectivity index (χ0n) is 7.39. The fourth-order valence-electron chi connectivity index (χ4n) is 1.20. The van der Waals surface area contributed by atoms with E-state index in [-0.39, 0.29) is 5.09 Å². The van der Waals surface area contributed by atoms with Crippen molar-refractivity contribution in [2.45, 2.75) is 5.09 Å². The van der Waals surface area contributed by atoms with E-state index in [2.05, 4.69) is 0 Å². The number of ether oxygens (including phenoxy) is 1. The molecule has 0 amide bonds. The summed E-state index contributed by atoms with van der Waals surface area (Å²) in [5, 5.41) is 0.830. The molecule has 2 aromatic rings. The monoisotopic (exact) mass is 212 g/mol. The summed E-state index contributed by atoms with van der Waals surface area (Å²) in [5.74, 6) is 0.655. The Kier molecular flexibility index (Phi) is 2.26. The van der Waals surface area contributed by atoms with Crippen LogP contribution in [0.1, 0.15) is 0 Å². The standard InChI is InChI=1S/C9H8O4S/c1-12-7-3-2-6-4-9(14(10)11)13-8(6)5-7/h2-5H,1H3,(H,10,11). The topological polar surface area (TPSA) is 59.7 Å². The lowest BCUT2D eigenvalue weighted by Gasteiger charge is -1.96. The van der Waals surface area contributed by atoms with E-state index in [1.165, 1.54) is 6.07 Å². The molecule has 1 N–H and O–H groups in total. The van der Waals surface area contributed by atoms with Crippen LogP contribution in [0.3, 0.4) is 0 Å². The Bertz CT molecular complexity index is 489. The molecule has 0 radical (unpaired) electrons. The predicted molar refractivity (Wildman–Crippen MR) is 51.8 cm³/mol. The van der Waals surface area contributed by atoms with Crippen LogP contribution in [0.2, 0.25) is 0 Å². The normalized spacial score (nSPS) is 13.0. The Hall–Kier alpha value is -1.33. The van der Waals surface area contributed by atoms with E-state index in [1.54, 1.807) is 25.3 Å². The lowest BCUT2D eigenvalue weighted by atomic mass is 10.2. The molecule has 0 spiro atoms. The van der Waals surface area contributed by atoms with Crippen LogP contribution in [0, 0.1) is 0 Å². The molecule has 2 rings (SSSR count). The molecule has 1 heterocycles. The van der Waals surface area contributed by atoms with Crippen LogP contribution < -0.4 is 4.74 Å². The van der Waals surface area contributed by atoms with Crippen LogP contribution in [0.5, 0.6) is 5.75 Å². The molecular weight excluding hydrogens is 204 g/mol. The van der Waals surface area contributed by atoms with Crippen molar-refractivity contribution in [3.8, 4) is 5.75 Å². The predicted octanol–water partition coefficient (Wildman–Crippen LogP) is 2.02. The van der Waals surface area contributed by atoms with Crippen LogP contribution in [0.4, 0.5) is 0 Å². The number of fused-ring (bicyclic) bond motifs is 1. The number of furan rings is 1. The number of hydrogen-bond donors (Lipinski definition) is 1. The van der Waals surface area contributed by atoms with Crippen molar-refractivity contribution in [3.05, 3.63) is 24.3 Å². The van der Waals surface area contributed by atoms with Crippen LogP contribution in [0.15, 0.2) is 33.8 Å². The van der Waals surface area contributed by atoms with Gasteiger partial charge in [-0.1, -0.05) is 0 Å². The summed E-state index contributed by atoms with van der Waals surface area (Å²) in [5.41, 5.74) is 0.543. The van der Waals surface area contributed by atoms with Gasteiger partial charge in [0, 0.05) is 17.5 Å². The highest BCUT2D eigenvalue weighted by Gasteiger charge is 2.08. The Labute approximate surface area is 82.8 Å². The summed E-state index contributed by atoms with van der Waals surface area (Å²) in [6, 6.07) is 6.74. The van der Waals surface area contributed by atoms with Gasteiger partial charge in [0.2, 0.25) is 16.2 Å². The van der Waals surface area contributed by atoms with Crippen LogP contribution >= 0.6 is 0 Å². The van der Waals surface area contributed by atoms with E-state index in [1.807, 2.05) is 0 Å². The third-order valence-corrected chi connectivity index (χ3v) is 2.42. The van der Waals surface area contributed by atoms with E-state index in [9.17, 15) is 4.21 Å². The molecule has 14 heavy (non-hydrogen) atoms. The second kappa shape index (κ2) is 3.43. The highest BCUT2D eigenvalue weighted by atomic mass is 32.2. The minimum atomic E-state index is -2.08. The van der Waals surface area contributed by atoms with Gasteiger partial charge in [0.1, 0.15) is 11.3 Å². The zero-order valence-corrected chi connectivity index (χ0v) is 8.21. The van der Waals surface area contributed by atoms with E-state index < -0.39 is 11.1 Å². The molecular formula is C9H8O4S. The molecule has 0 saturated heterocycles. The SMILES string of the molecule is COc1ccc2cc(S(=O)O)oc2c1. The van der Waals surface area contributed by atoms with Gasteiger partial charge in [0.05, 0.1) is 7.11 Å². The first-order chi connectivity index (χ1) is 6.70. The maximum absolute atomic E-state index is 10.7. The van der Waals surface area contributed by atoms with Gasteiger partial charge in [0.25, 0.3) is 0 Å². The first kappa shape index (κ1) is 9.23. The first-order valence-electron chi connectivity index (χ1n) is 3.89. The molecule has 0 aliphatic rings. The van der Waals surface area contributed by atoms with Crippen LogP contribution in [-0.4, -0.2) is 15.9 Å². The van der Waals surface area contributed by atoms with Gasteiger partial charge in [-0.15, -0.1) is 0 Å². The highest BCUT2D eigenvalue weighted by Crippen LogP contribution is 2.25. The number of hydrogen-bond acceptors (Lipinski definition) is 3. The fourth-order valence-corrected chi connectivity index (χ4v) is 1.59. The largest absolute Gasteiger partial charge is 0.497 e. The molecule has 4 nitrogen and oxygen atoms in total. The lowest BCUT2D eigenvalue weighted by molar-refractivity contribution is 0.413. The lowest BCUT2D eigenvalue weighted by Crippen LogP contribution is -1.81. The average Bonchev–Trinajstić information content (AvgIpc) is 2.59. The van der Waals surface area contributed by atoms with Crippen molar-refractivity contribution in [1.29, 1.82) is 0 Å². The zero-order chi connectivity index (χ0) is 10.1. The van der Waals surface area contributed by atoms with Gasteiger partial charge < -0.3 is 9.15 Å². The molecule has 0 aliphatic heterocycles. The summed E-state index contributed by atoms with van der Waals surface area (Å²) < 4.78 is 29.6. The molecule has 1 aromatic carbocycles. The van der Waals surface area contributed by atoms with Gasteiger partial charge in [-0.05, 0) is 12.1 Å². The average molecular weight is 212 g/mol. The Morgan fingerprint density at radius 1 is 1.43 bits per heavy atom. The Morgan fingerprint density at radius 3 is 2.86 bits per heavy atom. The second-order valence-corrected chi connectivity index (χ2v) is 3.62. The van der Waals surface area contributed by atoms with Crippen molar-refractivity contribution in [1.82, 2.24) is 0 Å². The van der Waals surface area contributed by atoms with Crippen LogP contribution in [-0.2, 0) is 11.1 Å². The van der Waals surface area contributed by atoms with Gasteiger partial charge >= 0.3 is 0 Å². The van der Waals surface area contributed by atoms with Crippen molar-refractivity contribution >= 4 is 22.0 Å². The number of rotatable bonds is 2. The fraction of sp³-hybridized carbons (Fsp3) is 0.111. The molecule has 1 unspecified atom stereocenters. The third-order valence-electron chi connectivity index (χ3n) is 1.88. The maximum atomic E-state index is 10.7. The molecule has 0 bridgehead atoms. The highest BCUT2D eigenvalue weighted by molar-refractivity contribution is 7.79.